The smallest absolute Gasteiger partial charge is 0.119 e. The monoisotopic (exact) mass is 274 g/mol. The fraction of sp³-hybridized carbons (Fsp3) is 0.562. The summed E-state index contributed by atoms with van der Waals surface area (Å²) in [5, 5.41) is 18.7. The zero-order valence-corrected chi connectivity index (χ0v) is 12.0. The van der Waals surface area contributed by atoms with Gasteiger partial charge >= 0.3 is 0 Å². The van der Waals surface area contributed by atoms with Crippen LogP contribution in [0.15, 0.2) is 24.3 Å². The van der Waals surface area contributed by atoms with E-state index in [0.717, 1.165) is 44.6 Å². The first-order chi connectivity index (χ1) is 9.59. The van der Waals surface area contributed by atoms with Crippen molar-refractivity contribution >= 4 is 0 Å². The molecule has 2 rings (SSSR count). The van der Waals surface area contributed by atoms with Crippen molar-refractivity contribution in [3.8, 4) is 11.8 Å². The van der Waals surface area contributed by atoms with Crippen LogP contribution in [0.25, 0.3) is 0 Å². The number of likely N-dealkylation sites (tertiary alicyclic amines) is 1. The summed E-state index contributed by atoms with van der Waals surface area (Å²) in [4.78, 5) is 2.30. The second kappa shape index (κ2) is 6.74. The molecule has 0 bridgehead atoms. The third kappa shape index (κ3) is 4.52. The van der Waals surface area contributed by atoms with Crippen molar-refractivity contribution in [2.24, 2.45) is 0 Å². The summed E-state index contributed by atoms with van der Waals surface area (Å²) in [7, 11) is 0. The summed E-state index contributed by atoms with van der Waals surface area (Å²) in [5.74, 6) is 0.801. The van der Waals surface area contributed by atoms with Crippen LogP contribution in [0.1, 0.15) is 31.7 Å². The Hall–Kier alpha value is -1.57. The lowest BCUT2D eigenvalue weighted by Crippen LogP contribution is -2.46. The predicted molar refractivity (Wildman–Crippen MR) is 77.6 cm³/mol. The van der Waals surface area contributed by atoms with Gasteiger partial charge in [-0.2, -0.15) is 5.26 Å². The van der Waals surface area contributed by atoms with Crippen molar-refractivity contribution in [3.63, 3.8) is 0 Å². The highest BCUT2D eigenvalue weighted by Gasteiger charge is 2.27. The lowest BCUT2D eigenvalue weighted by Gasteiger charge is -2.36. The first-order valence-corrected chi connectivity index (χ1v) is 7.17. The molecule has 0 aliphatic carbocycles. The zero-order valence-electron chi connectivity index (χ0n) is 12.0. The number of nitriles is 1. The van der Waals surface area contributed by atoms with Crippen LogP contribution in [0.5, 0.6) is 5.75 Å². The van der Waals surface area contributed by atoms with E-state index in [4.69, 9.17) is 10.00 Å². The molecular formula is C16H22N2O2. The second-order valence-electron chi connectivity index (χ2n) is 5.71. The van der Waals surface area contributed by atoms with E-state index in [2.05, 4.69) is 11.0 Å². The molecule has 1 unspecified atom stereocenters. The third-order valence-corrected chi connectivity index (χ3v) is 3.62. The first kappa shape index (κ1) is 14.8. The third-order valence-electron chi connectivity index (χ3n) is 3.62. The second-order valence-corrected chi connectivity index (χ2v) is 5.71. The lowest BCUT2D eigenvalue weighted by atomic mass is 9.95. The highest BCUT2D eigenvalue weighted by molar-refractivity contribution is 5.34. The molecular weight excluding hydrogens is 252 g/mol. The number of hydrogen-bond donors (Lipinski definition) is 1. The number of rotatable bonds is 5. The Kier molecular flexibility index (Phi) is 4.99. The average Bonchev–Trinajstić information content (AvgIpc) is 2.43. The van der Waals surface area contributed by atoms with E-state index in [1.165, 1.54) is 0 Å². The van der Waals surface area contributed by atoms with Gasteiger partial charge in [0, 0.05) is 13.1 Å². The number of benzene rings is 1. The van der Waals surface area contributed by atoms with E-state index in [0.29, 0.717) is 12.2 Å². The number of ether oxygens (including phenoxy) is 1. The molecule has 1 saturated heterocycles. The number of β-amino-alcohol motifs (C(OH)–C–C–N with tert-alkyl or cyclic N) is 1. The van der Waals surface area contributed by atoms with Crippen LogP contribution in [0.2, 0.25) is 0 Å². The van der Waals surface area contributed by atoms with Gasteiger partial charge in [0.1, 0.15) is 5.75 Å². The molecule has 4 heteroatoms. The van der Waals surface area contributed by atoms with Crippen LogP contribution >= 0.6 is 0 Å². The minimum absolute atomic E-state index is 0.535. The van der Waals surface area contributed by atoms with E-state index in [-0.39, 0.29) is 0 Å². The minimum Gasteiger partial charge on any atom is -0.494 e. The molecule has 0 saturated carbocycles. The molecule has 1 fully saturated rings. The molecule has 0 spiro atoms. The SMILES string of the molecule is CC1(O)CCCN(CCCOc2ccc(C#N)cc2)C1. The van der Waals surface area contributed by atoms with Gasteiger partial charge in [-0.3, -0.25) is 0 Å². The molecule has 0 radical (unpaired) electrons. The van der Waals surface area contributed by atoms with Crippen molar-refractivity contribution < 1.29 is 9.84 Å². The summed E-state index contributed by atoms with van der Waals surface area (Å²) in [6.45, 7) is 5.33. The van der Waals surface area contributed by atoms with Crippen molar-refractivity contribution in [1.29, 1.82) is 5.26 Å². The van der Waals surface area contributed by atoms with Gasteiger partial charge in [0.15, 0.2) is 0 Å². The fourth-order valence-corrected chi connectivity index (χ4v) is 2.62. The topological polar surface area (TPSA) is 56.5 Å². The normalized spacial score (nSPS) is 23.2. The Balaban J connectivity index is 1.67. The highest BCUT2D eigenvalue weighted by atomic mass is 16.5. The fourth-order valence-electron chi connectivity index (χ4n) is 2.62. The maximum Gasteiger partial charge on any atom is 0.119 e. The molecule has 0 amide bonds. The maximum atomic E-state index is 10.0. The quantitative estimate of drug-likeness (QED) is 0.836. The molecule has 1 N–H and O–H groups in total. The summed E-state index contributed by atoms with van der Waals surface area (Å²) in [6.07, 6.45) is 2.89. The van der Waals surface area contributed by atoms with E-state index in [9.17, 15) is 5.11 Å². The van der Waals surface area contributed by atoms with Crippen molar-refractivity contribution in [1.82, 2.24) is 4.90 Å². The Labute approximate surface area is 120 Å². The summed E-state index contributed by atoms with van der Waals surface area (Å²) in [5.41, 5.74) is 0.111. The van der Waals surface area contributed by atoms with Gasteiger partial charge in [0.25, 0.3) is 0 Å². The zero-order chi connectivity index (χ0) is 14.4. The van der Waals surface area contributed by atoms with Gasteiger partial charge in [-0.25, -0.2) is 0 Å². The molecule has 1 aliphatic rings. The van der Waals surface area contributed by atoms with Crippen molar-refractivity contribution in [3.05, 3.63) is 29.8 Å². The Morgan fingerprint density at radius 1 is 1.40 bits per heavy atom. The molecule has 108 valence electrons. The Bertz CT molecular complexity index is 462. The van der Waals surface area contributed by atoms with Gasteiger partial charge in [-0.05, 0) is 57.0 Å². The standard InChI is InChI=1S/C16H22N2O2/c1-16(19)8-2-9-18(13-16)10-3-11-20-15-6-4-14(12-17)5-7-15/h4-7,19H,2-3,8-11,13H2,1H3. The number of aliphatic hydroxyl groups is 1. The molecule has 4 nitrogen and oxygen atoms in total. The van der Waals surface area contributed by atoms with E-state index in [1.54, 1.807) is 12.1 Å². The minimum atomic E-state index is -0.535. The van der Waals surface area contributed by atoms with E-state index in [1.807, 2.05) is 19.1 Å². The number of hydrogen-bond acceptors (Lipinski definition) is 4. The largest absolute Gasteiger partial charge is 0.494 e. The Morgan fingerprint density at radius 2 is 2.15 bits per heavy atom. The highest BCUT2D eigenvalue weighted by Crippen LogP contribution is 2.20. The van der Waals surface area contributed by atoms with Gasteiger partial charge in [-0.15, -0.1) is 0 Å². The van der Waals surface area contributed by atoms with Crippen molar-refractivity contribution in [2.45, 2.75) is 31.8 Å². The lowest BCUT2D eigenvalue weighted by molar-refractivity contribution is -0.0165. The number of piperidine rings is 1. The number of nitrogens with zero attached hydrogens (tertiary/aromatic N) is 2. The van der Waals surface area contributed by atoms with Crippen LogP contribution in [-0.2, 0) is 0 Å². The van der Waals surface area contributed by atoms with Crippen LogP contribution < -0.4 is 4.74 Å². The van der Waals surface area contributed by atoms with E-state index < -0.39 is 5.60 Å². The van der Waals surface area contributed by atoms with E-state index >= 15 is 0 Å². The molecule has 1 aliphatic heterocycles. The Morgan fingerprint density at radius 3 is 2.80 bits per heavy atom. The van der Waals surface area contributed by atoms with Crippen LogP contribution in [-0.4, -0.2) is 41.8 Å². The molecule has 1 atom stereocenters. The summed E-state index contributed by atoms with van der Waals surface area (Å²) >= 11 is 0. The van der Waals surface area contributed by atoms with Gasteiger partial charge in [0.05, 0.1) is 23.8 Å². The van der Waals surface area contributed by atoms with Crippen LogP contribution in [0.3, 0.4) is 0 Å². The average molecular weight is 274 g/mol. The molecule has 1 heterocycles. The van der Waals surface area contributed by atoms with Crippen LogP contribution in [0.4, 0.5) is 0 Å². The van der Waals surface area contributed by atoms with Gasteiger partial charge in [0.2, 0.25) is 0 Å². The molecule has 0 aromatic heterocycles. The molecule has 1 aromatic carbocycles. The first-order valence-electron chi connectivity index (χ1n) is 7.17. The summed E-state index contributed by atoms with van der Waals surface area (Å²) < 4.78 is 5.65. The maximum absolute atomic E-state index is 10.0. The van der Waals surface area contributed by atoms with Crippen molar-refractivity contribution in [2.75, 3.05) is 26.2 Å². The van der Waals surface area contributed by atoms with Crippen LogP contribution in [0, 0.1) is 11.3 Å². The molecule has 1 aromatic rings. The van der Waals surface area contributed by atoms with Gasteiger partial charge in [-0.1, -0.05) is 0 Å². The predicted octanol–water partition coefficient (Wildman–Crippen LogP) is 2.17. The molecule has 20 heavy (non-hydrogen) atoms. The van der Waals surface area contributed by atoms with Gasteiger partial charge < -0.3 is 14.7 Å². The summed E-state index contributed by atoms with van der Waals surface area (Å²) in [6, 6.07) is 9.26.